The molecule has 1 saturated carbocycles. The average Bonchev–Trinajstić information content (AvgIpc) is 3.44. The van der Waals surface area contributed by atoms with Crippen molar-refractivity contribution in [3.8, 4) is 28.5 Å². The summed E-state index contributed by atoms with van der Waals surface area (Å²) in [6.07, 6.45) is 4.08. The Morgan fingerprint density at radius 2 is 1.43 bits per heavy atom. The van der Waals surface area contributed by atoms with E-state index in [4.69, 9.17) is 9.90 Å². The van der Waals surface area contributed by atoms with Crippen molar-refractivity contribution >= 4 is 21.9 Å². The second-order valence-corrected chi connectivity index (χ2v) is 11.3. The number of fused-ring (bicyclic) bond motifs is 3. The third-order valence-electron chi connectivity index (χ3n) is 8.75. The third-order valence-corrected chi connectivity index (χ3v) is 8.75. The first-order chi connectivity index (χ1) is 22.4. The van der Waals surface area contributed by atoms with Gasteiger partial charge in [0.25, 0.3) is 0 Å². The van der Waals surface area contributed by atoms with Crippen molar-refractivity contribution in [3.63, 3.8) is 0 Å². The summed E-state index contributed by atoms with van der Waals surface area (Å²) in [6, 6.07) is 31.6. The van der Waals surface area contributed by atoms with E-state index in [-0.39, 0.29) is 5.56 Å². The Balaban J connectivity index is 1.29. The number of furan rings is 1. The van der Waals surface area contributed by atoms with Crippen molar-refractivity contribution in [3.05, 3.63) is 125 Å². The molecule has 0 N–H and O–H groups in total. The summed E-state index contributed by atoms with van der Waals surface area (Å²) in [5.74, 6) is -1.45. The molecular weight excluding hydrogens is 512 g/mol. The fraction of sp³-hybridized carbons (Fsp3) is 0.231. The van der Waals surface area contributed by atoms with Gasteiger partial charge in [0, 0.05) is 34.8 Å². The zero-order chi connectivity index (χ0) is 33.1. The summed E-state index contributed by atoms with van der Waals surface area (Å²) in [5.41, 5.74) is 8.19. The molecule has 0 atom stereocenters. The highest BCUT2D eigenvalue weighted by molar-refractivity contribution is 6.14. The van der Waals surface area contributed by atoms with Crippen LogP contribution in [0.5, 0.6) is 0 Å². The number of nitriles is 1. The van der Waals surface area contributed by atoms with E-state index >= 15 is 0 Å². The van der Waals surface area contributed by atoms with Crippen LogP contribution in [0.2, 0.25) is 0 Å². The van der Waals surface area contributed by atoms with Gasteiger partial charge in [-0.3, -0.25) is 0 Å². The van der Waals surface area contributed by atoms with E-state index in [0.717, 1.165) is 44.3 Å². The summed E-state index contributed by atoms with van der Waals surface area (Å²) >= 11 is 0. The lowest BCUT2D eigenvalue weighted by Gasteiger charge is -2.29. The smallest absolute Gasteiger partial charge is 0.216 e. The molecule has 0 unspecified atom stereocenters. The Labute approximate surface area is 254 Å². The SMILES string of the molecule is [2H]C([2H])([2H])c1ccc(-c2c(C)ccc3c2oc2c(-c4ccc(C5([2H])CCC([2H])(c6ccccc6)CC5)cc4)c(C#N)ccc23)[n+](C)c1. The largest absolute Gasteiger partial charge is 0.454 e. The van der Waals surface area contributed by atoms with Gasteiger partial charge in [0.15, 0.2) is 6.20 Å². The molecule has 0 spiro atoms. The summed E-state index contributed by atoms with van der Waals surface area (Å²) in [6.45, 7) is -0.202. The number of aromatic nitrogens is 1. The van der Waals surface area contributed by atoms with Crippen molar-refractivity contribution in [2.45, 2.75) is 51.2 Å². The number of nitrogens with zero attached hydrogens (tertiary/aromatic N) is 2. The average molecular weight is 553 g/mol. The standard InChI is InChI=1S/C39H35N2O/c1-25-9-22-35(41(3)24-25)36-26(2)10-20-33-34-21-19-32(23-40)37(39(34)42-38(33)36)31-17-15-30(16-18-31)29-13-11-28(12-14-29)27-7-5-4-6-8-27/h4-10,15-22,24,28-29H,11-14H2,1-3H3/q+1/i1D3,28D,29D. The molecule has 7 rings (SSSR count). The maximum atomic E-state index is 10.2. The van der Waals surface area contributed by atoms with E-state index in [2.05, 4.69) is 6.07 Å². The van der Waals surface area contributed by atoms with Crippen molar-refractivity contribution < 1.29 is 15.8 Å². The van der Waals surface area contributed by atoms with Crippen LogP contribution in [0.4, 0.5) is 0 Å². The molecule has 3 heteroatoms. The van der Waals surface area contributed by atoms with Crippen molar-refractivity contribution in [1.29, 1.82) is 5.26 Å². The normalized spacial score (nSPS) is 22.5. The molecule has 1 aliphatic carbocycles. The lowest BCUT2D eigenvalue weighted by atomic mass is 9.76. The fourth-order valence-electron chi connectivity index (χ4n) is 6.54. The number of hydrogen-bond acceptors (Lipinski definition) is 2. The maximum Gasteiger partial charge on any atom is 0.216 e. The van der Waals surface area contributed by atoms with E-state index in [1.54, 1.807) is 12.3 Å². The lowest BCUT2D eigenvalue weighted by Crippen LogP contribution is -2.31. The van der Waals surface area contributed by atoms with Gasteiger partial charge in [0.1, 0.15) is 18.2 Å². The van der Waals surface area contributed by atoms with Crippen molar-refractivity contribution in [1.82, 2.24) is 0 Å². The van der Waals surface area contributed by atoms with Crippen LogP contribution in [0.3, 0.4) is 0 Å². The second-order valence-electron chi connectivity index (χ2n) is 11.3. The predicted octanol–water partition coefficient (Wildman–Crippen LogP) is 9.67. The van der Waals surface area contributed by atoms with Gasteiger partial charge in [0.2, 0.25) is 5.69 Å². The Hall–Kier alpha value is -4.68. The quantitative estimate of drug-likeness (QED) is 0.204. The number of aryl methyl sites for hydroxylation is 3. The Morgan fingerprint density at radius 3 is 2.07 bits per heavy atom. The van der Waals surface area contributed by atoms with E-state index in [9.17, 15) is 6.63 Å². The Kier molecular flexibility index (Phi) is 5.33. The van der Waals surface area contributed by atoms with Crippen LogP contribution in [0.15, 0.2) is 102 Å². The molecule has 0 radical (unpaired) electrons. The molecule has 1 fully saturated rings. The van der Waals surface area contributed by atoms with Crippen LogP contribution >= 0.6 is 0 Å². The van der Waals surface area contributed by atoms with E-state index in [0.29, 0.717) is 48.0 Å². The zero-order valence-electron chi connectivity index (χ0n) is 28.9. The predicted molar refractivity (Wildman–Crippen MR) is 170 cm³/mol. The van der Waals surface area contributed by atoms with Crippen LogP contribution in [-0.2, 0) is 7.05 Å². The fourth-order valence-corrected chi connectivity index (χ4v) is 6.54. The topological polar surface area (TPSA) is 40.8 Å². The second kappa shape index (κ2) is 10.6. The van der Waals surface area contributed by atoms with Gasteiger partial charge < -0.3 is 4.42 Å². The first-order valence-electron chi connectivity index (χ1n) is 17.0. The molecule has 206 valence electrons. The van der Waals surface area contributed by atoms with E-state index in [1.807, 2.05) is 103 Å². The minimum Gasteiger partial charge on any atom is -0.454 e. The van der Waals surface area contributed by atoms with Gasteiger partial charge in [-0.2, -0.15) is 5.26 Å². The van der Waals surface area contributed by atoms with Gasteiger partial charge in [-0.25, -0.2) is 4.57 Å². The molecule has 2 aromatic heterocycles. The Bertz CT molecular complexity index is 2190. The van der Waals surface area contributed by atoms with Crippen LogP contribution in [0, 0.1) is 25.1 Å². The van der Waals surface area contributed by atoms with Gasteiger partial charge in [-0.1, -0.05) is 66.7 Å². The molecule has 0 amide bonds. The van der Waals surface area contributed by atoms with Crippen LogP contribution < -0.4 is 4.57 Å². The van der Waals surface area contributed by atoms with Crippen LogP contribution in [-0.4, -0.2) is 0 Å². The van der Waals surface area contributed by atoms with Gasteiger partial charge in [-0.05, 0) is 91.7 Å². The van der Waals surface area contributed by atoms with Crippen molar-refractivity contribution in [2.24, 2.45) is 7.05 Å². The molecule has 2 heterocycles. The van der Waals surface area contributed by atoms with Gasteiger partial charge >= 0.3 is 0 Å². The minimum atomic E-state index is -2.21. The first kappa shape index (κ1) is 21.1. The Morgan fingerprint density at radius 1 is 0.786 bits per heavy atom. The third kappa shape index (κ3) is 4.48. The summed E-state index contributed by atoms with van der Waals surface area (Å²) in [5, 5.41) is 12.0. The molecule has 0 saturated heterocycles. The summed E-state index contributed by atoms with van der Waals surface area (Å²) in [4.78, 5) is 0. The molecule has 3 nitrogen and oxygen atoms in total. The molecule has 6 aromatic rings. The minimum absolute atomic E-state index is 0.264. The van der Waals surface area contributed by atoms with Gasteiger partial charge in [0.05, 0.1) is 17.2 Å². The number of rotatable bonds is 4. The first-order valence-corrected chi connectivity index (χ1v) is 14.5. The van der Waals surface area contributed by atoms with Crippen LogP contribution in [0.1, 0.15) is 72.1 Å². The zero-order valence-corrected chi connectivity index (χ0v) is 23.9. The number of benzene rings is 4. The molecule has 4 aromatic carbocycles. The number of pyridine rings is 1. The molecular formula is C39H35N2O+. The maximum absolute atomic E-state index is 10.2. The van der Waals surface area contributed by atoms with Gasteiger partial charge in [-0.15, -0.1) is 0 Å². The highest BCUT2D eigenvalue weighted by Gasteiger charge is 2.25. The highest BCUT2D eigenvalue weighted by atomic mass is 16.3. The molecule has 42 heavy (non-hydrogen) atoms. The van der Waals surface area contributed by atoms with Crippen LogP contribution in [0.25, 0.3) is 44.3 Å². The number of hydrogen-bond donors (Lipinski definition) is 0. The highest BCUT2D eigenvalue weighted by Crippen LogP contribution is 2.43. The lowest BCUT2D eigenvalue weighted by molar-refractivity contribution is -0.660. The summed E-state index contributed by atoms with van der Waals surface area (Å²) in [7, 11) is 1.84. The monoisotopic (exact) mass is 552 g/mol. The molecule has 0 aliphatic heterocycles. The molecule has 0 bridgehead atoms. The van der Waals surface area contributed by atoms with E-state index < -0.39 is 18.6 Å². The molecule has 1 aliphatic rings. The van der Waals surface area contributed by atoms with Crippen molar-refractivity contribution in [2.75, 3.05) is 0 Å². The summed E-state index contributed by atoms with van der Waals surface area (Å²) < 4.78 is 50.4. The van der Waals surface area contributed by atoms with E-state index in [1.165, 1.54) is 0 Å².